The van der Waals surface area contributed by atoms with Crippen LogP contribution >= 0.6 is 11.1 Å². The Morgan fingerprint density at radius 3 is 1.80 bits per heavy atom. The number of rotatable bonds is 6. The fourth-order valence-electron chi connectivity index (χ4n) is 0.406. The predicted molar refractivity (Wildman–Crippen MR) is 44.1 cm³/mol. The van der Waals surface area contributed by atoms with E-state index in [2.05, 4.69) is 0 Å². The summed E-state index contributed by atoms with van der Waals surface area (Å²) in [5.41, 5.74) is 0. The van der Waals surface area contributed by atoms with Crippen LogP contribution < -0.4 is 0 Å². The van der Waals surface area contributed by atoms with E-state index in [-0.39, 0.29) is 0 Å². The van der Waals surface area contributed by atoms with Crippen molar-refractivity contribution in [3.8, 4) is 0 Å². The normalized spacial score (nSPS) is 10.8. The highest BCUT2D eigenvalue weighted by molar-refractivity contribution is 6.99. The molecule has 0 saturated carbocycles. The van der Waals surface area contributed by atoms with Gasteiger partial charge in [0, 0.05) is 13.2 Å². The molecule has 10 heavy (non-hydrogen) atoms. The zero-order chi connectivity index (χ0) is 7.82. The van der Waals surface area contributed by atoms with E-state index in [1.54, 1.807) is 0 Å². The third-order valence-corrected chi connectivity index (χ3v) is 2.36. The summed E-state index contributed by atoms with van der Waals surface area (Å²) in [5, 5.41) is 0. The minimum absolute atomic E-state index is 0.710. The fourth-order valence-corrected chi connectivity index (χ4v) is 1.68. The average molecular weight is 182 g/mol. The highest BCUT2D eigenvalue weighted by Gasteiger charge is 2.09. The number of hydrogen-bond donors (Lipinski definition) is 0. The van der Waals surface area contributed by atoms with Crippen molar-refractivity contribution in [3.63, 3.8) is 0 Å². The molecule has 0 saturated heterocycles. The Morgan fingerprint density at radius 1 is 1.10 bits per heavy atom. The molecule has 1 radical (unpaired) electrons. The van der Waals surface area contributed by atoms with Gasteiger partial charge in [-0.05, 0) is 12.8 Å². The van der Waals surface area contributed by atoms with Crippen LogP contribution in [0.3, 0.4) is 0 Å². The molecule has 0 N–H and O–H groups in total. The van der Waals surface area contributed by atoms with Crippen molar-refractivity contribution in [2.75, 3.05) is 13.2 Å². The predicted octanol–water partition coefficient (Wildman–Crippen LogP) is 2.06. The maximum atomic E-state index is 5.70. The van der Waals surface area contributed by atoms with Crippen molar-refractivity contribution in [3.05, 3.63) is 0 Å². The molecule has 0 atom stereocenters. The lowest BCUT2D eigenvalue weighted by Gasteiger charge is -2.05. The molecule has 0 heterocycles. The van der Waals surface area contributed by atoms with Crippen molar-refractivity contribution in [1.29, 1.82) is 0 Å². The molecule has 0 aliphatic carbocycles. The zero-order valence-corrected chi connectivity index (χ0v) is 8.28. The summed E-state index contributed by atoms with van der Waals surface area (Å²) in [6.07, 6.45) is 1.99. The van der Waals surface area contributed by atoms with Crippen LogP contribution in [-0.4, -0.2) is 21.8 Å². The minimum Gasteiger partial charge on any atom is -0.381 e. The van der Waals surface area contributed by atoms with E-state index < -0.39 is 8.59 Å². The molecule has 0 aromatic heterocycles. The van der Waals surface area contributed by atoms with Gasteiger partial charge in [0.25, 0.3) is 0 Å². The van der Waals surface area contributed by atoms with Crippen LogP contribution in [-0.2, 0) is 8.85 Å². The first-order valence-electron chi connectivity index (χ1n) is 3.59. The Bertz CT molecular complexity index is 64.8. The molecule has 0 spiro atoms. The lowest BCUT2D eigenvalue weighted by molar-refractivity contribution is 0.213. The van der Waals surface area contributed by atoms with Crippen molar-refractivity contribution >= 4 is 19.7 Å². The smallest absolute Gasteiger partial charge is 0.381 e. The van der Waals surface area contributed by atoms with Crippen molar-refractivity contribution in [2.24, 2.45) is 0 Å². The maximum Gasteiger partial charge on any atom is 0.505 e. The second kappa shape index (κ2) is 7.53. The average Bonchev–Trinajstić information content (AvgIpc) is 1.97. The summed E-state index contributed by atoms with van der Waals surface area (Å²) in [7, 11) is -1.44. The van der Waals surface area contributed by atoms with Crippen LogP contribution in [0.25, 0.3) is 0 Å². The van der Waals surface area contributed by atoms with Gasteiger partial charge in [-0.1, -0.05) is 24.9 Å². The van der Waals surface area contributed by atoms with Crippen molar-refractivity contribution in [1.82, 2.24) is 0 Å². The fraction of sp³-hybridized carbons (Fsp3) is 1.00. The summed E-state index contributed by atoms with van der Waals surface area (Å²) < 4.78 is 10.3. The Balaban J connectivity index is 3.00. The van der Waals surface area contributed by atoms with Crippen LogP contribution in [0, 0.1) is 0 Å². The molecule has 0 fully saturated rings. The molecular weight excluding hydrogens is 168 g/mol. The van der Waals surface area contributed by atoms with E-state index in [1.807, 2.05) is 13.8 Å². The minimum atomic E-state index is -1.44. The summed E-state index contributed by atoms with van der Waals surface area (Å²) in [4.78, 5) is 0. The second-order valence-corrected chi connectivity index (χ2v) is 3.91. The molecule has 0 unspecified atom stereocenters. The highest BCUT2D eigenvalue weighted by Crippen LogP contribution is 1.96. The van der Waals surface area contributed by atoms with Gasteiger partial charge in [-0.3, -0.25) is 0 Å². The summed E-state index contributed by atoms with van der Waals surface area (Å²) in [5.74, 6) is 0. The van der Waals surface area contributed by atoms with Gasteiger partial charge in [0.2, 0.25) is 0 Å². The van der Waals surface area contributed by atoms with Gasteiger partial charge in [0.15, 0.2) is 0 Å². The first-order valence-corrected chi connectivity index (χ1v) is 5.92. The second-order valence-electron chi connectivity index (χ2n) is 1.93. The van der Waals surface area contributed by atoms with E-state index >= 15 is 0 Å². The molecule has 0 aromatic rings. The SMILES string of the molecule is CCCO[Si](Cl)OCCC. The maximum absolute atomic E-state index is 5.70. The van der Waals surface area contributed by atoms with E-state index in [0.29, 0.717) is 13.2 Å². The lowest BCUT2D eigenvalue weighted by Crippen LogP contribution is -2.16. The largest absolute Gasteiger partial charge is 0.505 e. The van der Waals surface area contributed by atoms with Gasteiger partial charge in [0.05, 0.1) is 0 Å². The quantitative estimate of drug-likeness (QED) is 0.462. The van der Waals surface area contributed by atoms with Crippen molar-refractivity contribution < 1.29 is 8.85 Å². The Hall–Kier alpha value is 0.427. The molecular formula is C6H14ClO2Si. The molecule has 0 amide bonds. The van der Waals surface area contributed by atoms with E-state index in [1.165, 1.54) is 0 Å². The molecule has 0 rings (SSSR count). The topological polar surface area (TPSA) is 18.5 Å². The zero-order valence-electron chi connectivity index (χ0n) is 6.52. The van der Waals surface area contributed by atoms with Crippen LogP contribution in [0.15, 0.2) is 0 Å². The summed E-state index contributed by atoms with van der Waals surface area (Å²) in [6.45, 7) is 5.51. The number of hydrogen-bond acceptors (Lipinski definition) is 2. The van der Waals surface area contributed by atoms with Crippen LogP contribution in [0.2, 0.25) is 0 Å². The molecule has 61 valence electrons. The Morgan fingerprint density at radius 2 is 1.50 bits per heavy atom. The van der Waals surface area contributed by atoms with Gasteiger partial charge in [0.1, 0.15) is 0 Å². The first kappa shape index (κ1) is 10.4. The van der Waals surface area contributed by atoms with Crippen LogP contribution in [0.1, 0.15) is 26.7 Å². The third-order valence-electron chi connectivity index (χ3n) is 0.839. The molecule has 0 aromatic carbocycles. The van der Waals surface area contributed by atoms with Crippen molar-refractivity contribution in [2.45, 2.75) is 26.7 Å². The van der Waals surface area contributed by atoms with E-state index in [9.17, 15) is 0 Å². The molecule has 0 aliphatic rings. The Labute approximate surface area is 69.0 Å². The van der Waals surface area contributed by atoms with Gasteiger partial charge in [-0.2, -0.15) is 0 Å². The summed E-state index contributed by atoms with van der Waals surface area (Å²) in [6, 6.07) is 0. The van der Waals surface area contributed by atoms with Gasteiger partial charge in [-0.15, -0.1) is 0 Å². The monoisotopic (exact) mass is 181 g/mol. The summed E-state index contributed by atoms with van der Waals surface area (Å²) >= 11 is 5.70. The van der Waals surface area contributed by atoms with Crippen LogP contribution in [0.5, 0.6) is 0 Å². The molecule has 4 heteroatoms. The lowest BCUT2D eigenvalue weighted by atomic mass is 10.5. The molecule has 0 bridgehead atoms. The first-order chi connectivity index (χ1) is 4.81. The third kappa shape index (κ3) is 6.55. The van der Waals surface area contributed by atoms with Gasteiger partial charge >= 0.3 is 8.59 Å². The molecule has 2 nitrogen and oxygen atoms in total. The van der Waals surface area contributed by atoms with Gasteiger partial charge < -0.3 is 8.85 Å². The molecule has 0 aliphatic heterocycles. The Kier molecular flexibility index (Phi) is 7.85. The van der Waals surface area contributed by atoms with Gasteiger partial charge in [-0.25, -0.2) is 0 Å². The standard InChI is InChI=1S/C6H14ClO2Si/c1-3-5-8-10(7)9-6-4-2/h3-6H2,1-2H3. The van der Waals surface area contributed by atoms with Crippen LogP contribution in [0.4, 0.5) is 0 Å². The highest BCUT2D eigenvalue weighted by atomic mass is 35.6. The number of halogens is 1. The van der Waals surface area contributed by atoms with E-state index in [0.717, 1.165) is 12.8 Å². The van der Waals surface area contributed by atoms with E-state index in [4.69, 9.17) is 19.9 Å².